The van der Waals surface area contributed by atoms with Crippen molar-refractivity contribution in [1.29, 1.82) is 0 Å². The number of carbonyl (C=O) groups is 2. The van der Waals surface area contributed by atoms with Gasteiger partial charge in [-0.1, -0.05) is 152 Å². The van der Waals surface area contributed by atoms with Gasteiger partial charge in [-0.25, -0.2) is 4.57 Å². The topological polar surface area (TPSA) is 169 Å². The predicted molar refractivity (Wildman–Crippen MR) is 216 cm³/mol. The van der Waals surface area contributed by atoms with E-state index in [9.17, 15) is 29.3 Å². The molecule has 4 atom stereocenters. The number of phosphoric acid groups is 1. The highest BCUT2D eigenvalue weighted by atomic mass is 31.2. The highest BCUT2D eigenvalue weighted by Crippen LogP contribution is 2.43. The number of unbranched alkanes of at least 4 members (excludes halogenated alkanes) is 13. The number of ether oxygens (including phenoxy) is 2. The smallest absolute Gasteiger partial charge is 0.462 e. The van der Waals surface area contributed by atoms with Gasteiger partial charge < -0.3 is 29.7 Å². The second-order valence-corrected chi connectivity index (χ2v) is 14.9. The SMILES string of the molecule is CC/C=C\C(O)C/C=C/C=C\C/C=C\C/C=C\CCCC(=O)OC[C@H](COP(=O)(O)OC[C@@H](O)CO)OC(=O)CCCCCCCCCCCCCCC. The summed E-state index contributed by atoms with van der Waals surface area (Å²) >= 11 is 0. The van der Waals surface area contributed by atoms with E-state index >= 15 is 0 Å². The third kappa shape index (κ3) is 36.6. The summed E-state index contributed by atoms with van der Waals surface area (Å²) in [5, 5.41) is 28.0. The van der Waals surface area contributed by atoms with E-state index in [1.807, 2.05) is 49.5 Å². The van der Waals surface area contributed by atoms with Crippen molar-refractivity contribution in [2.45, 2.75) is 167 Å². The fraction of sp³-hybridized carbons (Fsp3) is 0.714. The molecular formula is C42H73O11P. The van der Waals surface area contributed by atoms with Crippen LogP contribution in [0.3, 0.4) is 0 Å². The van der Waals surface area contributed by atoms with Crippen LogP contribution in [0.15, 0.2) is 60.8 Å². The van der Waals surface area contributed by atoms with Gasteiger partial charge in [0.25, 0.3) is 0 Å². The van der Waals surface area contributed by atoms with Crippen LogP contribution in [0, 0.1) is 0 Å². The van der Waals surface area contributed by atoms with Gasteiger partial charge in [-0.3, -0.25) is 18.6 Å². The van der Waals surface area contributed by atoms with E-state index in [1.165, 1.54) is 57.8 Å². The first-order chi connectivity index (χ1) is 26.1. The average molecular weight is 785 g/mol. The van der Waals surface area contributed by atoms with Gasteiger partial charge in [0, 0.05) is 12.8 Å². The molecule has 0 heterocycles. The number of allylic oxidation sites excluding steroid dienone is 8. The molecule has 0 saturated carbocycles. The average Bonchev–Trinajstić information content (AvgIpc) is 3.15. The molecule has 11 nitrogen and oxygen atoms in total. The van der Waals surface area contributed by atoms with Crippen molar-refractivity contribution in [2.75, 3.05) is 26.4 Å². The second kappa shape index (κ2) is 37.5. The van der Waals surface area contributed by atoms with Crippen molar-refractivity contribution < 1.29 is 52.9 Å². The Labute approximate surface area is 326 Å². The van der Waals surface area contributed by atoms with Crippen LogP contribution in [0.2, 0.25) is 0 Å². The third-order valence-corrected chi connectivity index (χ3v) is 9.21. The van der Waals surface area contributed by atoms with Gasteiger partial charge in [-0.15, -0.1) is 0 Å². The molecule has 54 heavy (non-hydrogen) atoms. The van der Waals surface area contributed by atoms with Crippen LogP contribution in [0.25, 0.3) is 0 Å². The molecule has 0 aliphatic carbocycles. The van der Waals surface area contributed by atoms with E-state index < -0.39 is 57.9 Å². The molecule has 0 amide bonds. The van der Waals surface area contributed by atoms with Crippen LogP contribution in [-0.2, 0) is 32.7 Å². The Bertz CT molecular complexity index is 1100. The fourth-order valence-electron chi connectivity index (χ4n) is 5.11. The number of hydrogen-bond acceptors (Lipinski definition) is 10. The van der Waals surface area contributed by atoms with Crippen LogP contribution in [0.1, 0.15) is 149 Å². The zero-order valence-corrected chi connectivity index (χ0v) is 34.2. The molecular weight excluding hydrogens is 711 g/mol. The summed E-state index contributed by atoms with van der Waals surface area (Å²) in [5.74, 6) is -1.02. The number of hydrogen-bond donors (Lipinski definition) is 4. The van der Waals surface area contributed by atoms with Crippen molar-refractivity contribution in [3.05, 3.63) is 60.8 Å². The third-order valence-electron chi connectivity index (χ3n) is 8.26. The number of aliphatic hydroxyl groups excluding tert-OH is 3. The van der Waals surface area contributed by atoms with Crippen LogP contribution in [-0.4, -0.2) is 76.9 Å². The zero-order chi connectivity index (χ0) is 40.0. The summed E-state index contributed by atoms with van der Waals surface area (Å²) in [5.41, 5.74) is 0. The summed E-state index contributed by atoms with van der Waals surface area (Å²) in [7, 11) is -4.64. The largest absolute Gasteiger partial charge is 0.472 e. The minimum absolute atomic E-state index is 0.144. The summed E-state index contributed by atoms with van der Waals surface area (Å²) in [6.45, 7) is 2.05. The van der Waals surface area contributed by atoms with Gasteiger partial charge >= 0.3 is 19.8 Å². The maximum absolute atomic E-state index is 12.6. The Balaban J connectivity index is 4.46. The first-order valence-corrected chi connectivity index (χ1v) is 21.8. The summed E-state index contributed by atoms with van der Waals surface area (Å²) in [6, 6.07) is 0. The molecule has 0 aromatic heterocycles. The first kappa shape index (κ1) is 51.6. The van der Waals surface area contributed by atoms with Crippen LogP contribution in [0.5, 0.6) is 0 Å². The van der Waals surface area contributed by atoms with Crippen molar-refractivity contribution in [3.63, 3.8) is 0 Å². The maximum atomic E-state index is 12.6. The van der Waals surface area contributed by atoms with Crippen LogP contribution in [0.4, 0.5) is 0 Å². The quantitative estimate of drug-likeness (QED) is 0.0156. The monoisotopic (exact) mass is 784 g/mol. The van der Waals surface area contributed by atoms with Crippen molar-refractivity contribution in [3.8, 4) is 0 Å². The molecule has 0 bridgehead atoms. The second-order valence-electron chi connectivity index (χ2n) is 13.5. The number of rotatable bonds is 37. The number of phosphoric ester groups is 1. The Morgan fingerprint density at radius 2 is 1.20 bits per heavy atom. The first-order valence-electron chi connectivity index (χ1n) is 20.4. The molecule has 312 valence electrons. The van der Waals surface area contributed by atoms with E-state index in [0.717, 1.165) is 38.5 Å². The minimum atomic E-state index is -4.64. The van der Waals surface area contributed by atoms with E-state index in [0.29, 0.717) is 25.7 Å². The lowest BCUT2D eigenvalue weighted by atomic mass is 10.0. The van der Waals surface area contributed by atoms with Gasteiger partial charge in [0.15, 0.2) is 6.10 Å². The number of carbonyl (C=O) groups excluding carboxylic acids is 2. The van der Waals surface area contributed by atoms with Crippen LogP contribution < -0.4 is 0 Å². The molecule has 0 spiro atoms. The molecule has 0 fully saturated rings. The molecule has 0 aliphatic heterocycles. The molecule has 0 aromatic rings. The molecule has 4 N–H and O–H groups in total. The lowest BCUT2D eigenvalue weighted by molar-refractivity contribution is -0.161. The molecule has 0 aromatic carbocycles. The lowest BCUT2D eigenvalue weighted by Gasteiger charge is -2.20. The van der Waals surface area contributed by atoms with Crippen LogP contribution >= 0.6 is 7.82 Å². The summed E-state index contributed by atoms with van der Waals surface area (Å²) in [4.78, 5) is 34.9. The van der Waals surface area contributed by atoms with Gasteiger partial charge in [0.1, 0.15) is 12.7 Å². The molecule has 0 aliphatic rings. The van der Waals surface area contributed by atoms with E-state index in [-0.39, 0.29) is 19.4 Å². The van der Waals surface area contributed by atoms with E-state index in [4.69, 9.17) is 19.1 Å². The predicted octanol–water partition coefficient (Wildman–Crippen LogP) is 9.30. The molecule has 0 rings (SSSR count). The highest BCUT2D eigenvalue weighted by Gasteiger charge is 2.27. The highest BCUT2D eigenvalue weighted by molar-refractivity contribution is 7.47. The lowest BCUT2D eigenvalue weighted by Crippen LogP contribution is -2.29. The van der Waals surface area contributed by atoms with Gasteiger partial charge in [0.05, 0.1) is 25.9 Å². The van der Waals surface area contributed by atoms with E-state index in [2.05, 4.69) is 23.6 Å². The minimum Gasteiger partial charge on any atom is -0.462 e. The van der Waals surface area contributed by atoms with Gasteiger partial charge in [-0.05, 0) is 44.9 Å². The van der Waals surface area contributed by atoms with Crippen molar-refractivity contribution in [2.24, 2.45) is 0 Å². The molecule has 12 heteroatoms. The molecule has 0 saturated heterocycles. The van der Waals surface area contributed by atoms with Crippen molar-refractivity contribution >= 4 is 19.8 Å². The Hall–Kier alpha value is -2.37. The summed E-state index contributed by atoms with van der Waals surface area (Å²) < 4.78 is 32.6. The van der Waals surface area contributed by atoms with Gasteiger partial charge in [-0.2, -0.15) is 0 Å². The molecule has 2 unspecified atom stereocenters. The van der Waals surface area contributed by atoms with Crippen molar-refractivity contribution in [1.82, 2.24) is 0 Å². The maximum Gasteiger partial charge on any atom is 0.472 e. The zero-order valence-electron chi connectivity index (χ0n) is 33.3. The van der Waals surface area contributed by atoms with E-state index in [1.54, 1.807) is 6.08 Å². The number of aliphatic hydroxyl groups is 3. The normalized spacial score (nSPS) is 15.1. The molecule has 0 radical (unpaired) electrons. The van der Waals surface area contributed by atoms with Gasteiger partial charge in [0.2, 0.25) is 0 Å². The Morgan fingerprint density at radius 3 is 1.83 bits per heavy atom. The standard InChI is InChI=1S/C42H73O11P/c1-3-5-7-8-9-10-11-12-17-20-23-26-29-33-42(47)53-40(37-52-54(48,49)51-35-39(45)34-43)36-50-41(46)32-28-25-22-19-16-14-13-15-18-21-24-27-31-38(44)30-6-4-2/h6,13-14,18-19,21-22,24,27,30,38-40,43-45H,3-5,7-12,15-17,20,23,25-26,28-29,31-37H2,1-2H3,(H,48,49)/b14-13-,21-18-,22-19-,27-24+,30-6-/t38?,39-,40+/m0/s1. The fourth-order valence-corrected chi connectivity index (χ4v) is 5.90. The Kier molecular flexibility index (Phi) is 35.9. The number of esters is 2. The Morgan fingerprint density at radius 1 is 0.648 bits per heavy atom. The summed E-state index contributed by atoms with van der Waals surface area (Å²) in [6.07, 6.45) is 36.8.